The molecule has 2 aromatic rings. The minimum atomic E-state index is -5.33. The number of nitrogens with one attached hydrogen (secondary N) is 1. The Morgan fingerprint density at radius 2 is 1.88 bits per heavy atom. The summed E-state index contributed by atoms with van der Waals surface area (Å²) in [6.07, 6.45) is -1.12. The van der Waals surface area contributed by atoms with Gasteiger partial charge in [-0.05, 0) is 45.0 Å². The first-order valence-electron chi connectivity index (χ1n) is 9.70. The second kappa shape index (κ2) is 8.90. The van der Waals surface area contributed by atoms with Crippen LogP contribution in [-0.4, -0.2) is 29.1 Å². The number of alkyl halides is 4. The highest BCUT2D eigenvalue weighted by Gasteiger charge is 2.53. The Balaban J connectivity index is 2.22. The van der Waals surface area contributed by atoms with Gasteiger partial charge < -0.3 is 4.74 Å². The van der Waals surface area contributed by atoms with Gasteiger partial charge in [0.1, 0.15) is 23.4 Å². The Morgan fingerprint density at radius 1 is 1.24 bits per heavy atom. The fourth-order valence-corrected chi connectivity index (χ4v) is 5.21. The third-order valence-electron chi connectivity index (χ3n) is 4.95. The molecule has 184 valence electrons. The number of rotatable bonds is 6. The first kappa shape index (κ1) is 26.1. The number of hydrogen-bond acceptors (Lipinski definition) is 5. The second-order valence-corrected chi connectivity index (χ2v) is 12.4. The lowest BCUT2D eigenvalue weighted by atomic mass is 10.1. The predicted octanol–water partition coefficient (Wildman–Crippen LogP) is 4.77. The number of hydrogen-bond donors (Lipinski definition) is 1. The highest BCUT2D eigenvalue weighted by atomic mass is 32.2. The van der Waals surface area contributed by atoms with Gasteiger partial charge in [0.25, 0.3) is 5.92 Å². The van der Waals surface area contributed by atoms with Crippen LogP contribution in [0.5, 0.6) is 11.5 Å². The summed E-state index contributed by atoms with van der Waals surface area (Å²) >= 11 is 0. The van der Waals surface area contributed by atoms with E-state index < -0.39 is 71.6 Å². The van der Waals surface area contributed by atoms with E-state index in [1.54, 1.807) is 6.07 Å². The van der Waals surface area contributed by atoms with Crippen LogP contribution in [0, 0.1) is 17.1 Å². The summed E-state index contributed by atoms with van der Waals surface area (Å²) in [5.74, 6) is -9.07. The maximum atomic E-state index is 15.1. The quantitative estimate of drug-likeness (QED) is 0.552. The average molecular weight is 523 g/mol. The minimum Gasteiger partial charge on any atom is -0.457 e. The van der Waals surface area contributed by atoms with Crippen molar-refractivity contribution in [2.75, 3.05) is 0 Å². The number of nitriles is 1. The first-order chi connectivity index (χ1) is 15.6. The highest BCUT2D eigenvalue weighted by Crippen LogP contribution is 2.50. The average Bonchev–Trinajstić information content (AvgIpc) is 2.97. The van der Waals surface area contributed by atoms with Crippen molar-refractivity contribution in [3.8, 4) is 17.6 Å². The molecule has 0 fully saturated rings. The molecule has 1 aliphatic carbocycles. The summed E-state index contributed by atoms with van der Waals surface area (Å²) in [5.41, 5.74) is -1.25. The van der Waals surface area contributed by atoms with E-state index in [0.29, 0.717) is 6.07 Å². The van der Waals surface area contributed by atoms with Crippen LogP contribution in [0.1, 0.15) is 43.5 Å². The van der Waals surface area contributed by atoms with Crippen LogP contribution in [0.25, 0.3) is 0 Å². The zero-order valence-corrected chi connectivity index (χ0v) is 19.7. The molecule has 2 atom stereocenters. The lowest BCUT2D eigenvalue weighted by Gasteiger charge is -2.26. The maximum Gasteiger partial charge on any atom is 0.341 e. The summed E-state index contributed by atoms with van der Waals surface area (Å²) in [5, 5.41) is 8.99. The number of halogens is 5. The Kier molecular flexibility index (Phi) is 6.82. The topological polar surface area (TPSA) is 96.3 Å². The molecule has 0 saturated heterocycles. The van der Waals surface area contributed by atoms with Crippen LogP contribution in [0.3, 0.4) is 0 Å². The maximum absolute atomic E-state index is 15.1. The van der Waals surface area contributed by atoms with Gasteiger partial charge in [-0.3, -0.25) is 0 Å². The molecule has 3 rings (SSSR count). The molecule has 0 heterocycles. The van der Waals surface area contributed by atoms with Gasteiger partial charge in [-0.2, -0.15) is 14.0 Å². The zero-order valence-electron chi connectivity index (χ0n) is 18.0. The minimum absolute atomic E-state index is 0.131. The molecule has 34 heavy (non-hydrogen) atoms. The summed E-state index contributed by atoms with van der Waals surface area (Å²) in [6.45, 7) is 4.45. The predicted molar refractivity (Wildman–Crippen MR) is 113 cm³/mol. The van der Waals surface area contributed by atoms with E-state index in [-0.39, 0.29) is 17.1 Å². The largest absolute Gasteiger partial charge is 0.457 e. The van der Waals surface area contributed by atoms with Gasteiger partial charge in [0.15, 0.2) is 0 Å². The molecule has 1 unspecified atom stereocenters. The molecule has 0 aromatic heterocycles. The Labute approximate surface area is 195 Å². The summed E-state index contributed by atoms with van der Waals surface area (Å²) in [4.78, 5) is -1.05. The Bertz CT molecular complexity index is 1300. The molecular formula is C21H19F5N2O4S2. The summed E-state index contributed by atoms with van der Waals surface area (Å²) in [7, 11) is -7.45. The third-order valence-corrected chi connectivity index (χ3v) is 7.95. The number of fused-ring (bicyclic) bond motifs is 1. The molecular weight excluding hydrogens is 503 g/mol. The van der Waals surface area contributed by atoms with Crippen molar-refractivity contribution in [3.05, 3.63) is 52.8 Å². The Morgan fingerprint density at radius 3 is 2.44 bits per heavy atom. The molecule has 2 aromatic carbocycles. The van der Waals surface area contributed by atoms with E-state index in [2.05, 4.69) is 4.72 Å². The van der Waals surface area contributed by atoms with E-state index in [0.717, 1.165) is 24.3 Å². The van der Waals surface area contributed by atoms with E-state index >= 15 is 8.78 Å². The molecule has 6 nitrogen and oxygen atoms in total. The number of benzene rings is 2. The van der Waals surface area contributed by atoms with Crippen molar-refractivity contribution in [2.24, 2.45) is 0 Å². The summed E-state index contributed by atoms with van der Waals surface area (Å²) < 4.78 is 114. The summed E-state index contributed by atoms with van der Waals surface area (Å²) in [6, 6.07) is 4.01. The smallest absolute Gasteiger partial charge is 0.341 e. The molecule has 1 N–H and O–H groups in total. The highest BCUT2D eigenvalue weighted by molar-refractivity contribution is 7.91. The van der Waals surface area contributed by atoms with Gasteiger partial charge in [0.2, 0.25) is 9.84 Å². The molecule has 0 aliphatic heterocycles. The lowest BCUT2D eigenvalue weighted by Crippen LogP contribution is -2.41. The van der Waals surface area contributed by atoms with Gasteiger partial charge in [-0.1, -0.05) is 0 Å². The van der Waals surface area contributed by atoms with E-state index in [1.807, 2.05) is 0 Å². The van der Waals surface area contributed by atoms with E-state index in [1.165, 1.54) is 20.8 Å². The van der Waals surface area contributed by atoms with Crippen molar-refractivity contribution in [2.45, 2.75) is 54.6 Å². The molecule has 0 amide bonds. The normalized spacial score (nSPS) is 18.4. The van der Waals surface area contributed by atoms with Gasteiger partial charge in [-0.15, -0.1) is 0 Å². The van der Waals surface area contributed by atoms with Gasteiger partial charge in [-0.25, -0.2) is 30.5 Å². The van der Waals surface area contributed by atoms with Crippen molar-refractivity contribution >= 4 is 20.8 Å². The second-order valence-electron chi connectivity index (χ2n) is 8.52. The van der Waals surface area contributed by atoms with Crippen LogP contribution in [0.4, 0.5) is 22.0 Å². The van der Waals surface area contributed by atoms with Crippen LogP contribution < -0.4 is 9.46 Å². The fraction of sp³-hybridized carbons (Fsp3) is 0.381. The first-order valence-corrected chi connectivity index (χ1v) is 12.4. The number of ether oxygens (including phenoxy) is 1. The monoisotopic (exact) mass is 522 g/mol. The van der Waals surface area contributed by atoms with Crippen molar-refractivity contribution < 1.29 is 39.3 Å². The lowest BCUT2D eigenvalue weighted by molar-refractivity contribution is -0.0190. The van der Waals surface area contributed by atoms with Crippen molar-refractivity contribution in [1.29, 1.82) is 5.26 Å². The van der Waals surface area contributed by atoms with Crippen LogP contribution in [0.15, 0.2) is 35.2 Å². The van der Waals surface area contributed by atoms with E-state index in [4.69, 9.17) is 10.00 Å². The van der Waals surface area contributed by atoms with Gasteiger partial charge in [0.05, 0.1) is 32.3 Å². The standard InChI is InChI=1S/C21H19F5N2O4S2/c1-20(2,3)33(29)28-18-17-14(9-21(18,25)26)15(4-5-16(17)34(30,31)19(23)24)32-13-7-11(10-27)6-12(22)8-13/h4-8,18-19,28H,9H2,1-3H3/t18-,33?/m0/s1. The van der Waals surface area contributed by atoms with Crippen LogP contribution >= 0.6 is 0 Å². The van der Waals surface area contributed by atoms with Gasteiger partial charge in [0, 0.05) is 23.6 Å². The number of nitrogens with zero attached hydrogens (tertiary/aromatic N) is 1. The molecule has 13 heteroatoms. The van der Waals surface area contributed by atoms with Crippen molar-refractivity contribution in [1.82, 2.24) is 4.72 Å². The van der Waals surface area contributed by atoms with E-state index in [9.17, 15) is 25.8 Å². The molecule has 0 spiro atoms. The zero-order chi connectivity index (χ0) is 25.6. The SMILES string of the molecule is CC(C)(C)S(=O)N[C@H]1c2c(S(=O)(=O)C(F)F)ccc(Oc3cc(F)cc(C#N)c3)c2CC1(F)F. The number of sulfone groups is 1. The Hall–Kier alpha value is -2.56. The molecule has 0 radical (unpaired) electrons. The van der Waals surface area contributed by atoms with Gasteiger partial charge >= 0.3 is 5.76 Å². The van der Waals surface area contributed by atoms with Crippen molar-refractivity contribution in [3.63, 3.8) is 0 Å². The van der Waals surface area contributed by atoms with Crippen LogP contribution in [-0.2, 0) is 27.2 Å². The van der Waals surface area contributed by atoms with Crippen LogP contribution in [0.2, 0.25) is 0 Å². The molecule has 0 bridgehead atoms. The molecule has 0 saturated carbocycles. The fourth-order valence-electron chi connectivity index (χ4n) is 3.35. The molecule has 1 aliphatic rings. The third kappa shape index (κ3) is 4.94.